The summed E-state index contributed by atoms with van der Waals surface area (Å²) in [5.74, 6) is -0.720. The molecule has 0 bridgehead atoms. The molecule has 6 rings (SSSR count). The zero-order chi connectivity index (χ0) is 33.3. The molecule has 234 valence electrons. The van der Waals surface area contributed by atoms with E-state index in [-0.39, 0.29) is 49.1 Å². The molecule has 0 fully saturated rings. The summed E-state index contributed by atoms with van der Waals surface area (Å²) in [6, 6.07) is 15.5. The Balaban J connectivity index is 1.78. The molecule has 4 aromatic carbocycles. The van der Waals surface area contributed by atoms with E-state index in [9.17, 15) is 53.6 Å². The van der Waals surface area contributed by atoms with E-state index in [0.29, 0.717) is 6.07 Å². The smallest absolute Gasteiger partial charge is 0.296 e. The average Bonchev–Trinajstić information content (AvgIpc) is 2.98. The summed E-state index contributed by atoms with van der Waals surface area (Å²) in [6.07, 6.45) is 0. The van der Waals surface area contributed by atoms with Crippen molar-refractivity contribution in [2.45, 2.75) is 14.7 Å². The Morgan fingerprint density at radius 1 is 0.652 bits per heavy atom. The van der Waals surface area contributed by atoms with E-state index in [4.69, 9.17) is 0 Å². The average molecular weight is 683 g/mol. The van der Waals surface area contributed by atoms with Crippen molar-refractivity contribution >= 4 is 69.2 Å². The van der Waals surface area contributed by atoms with Crippen molar-refractivity contribution in [1.82, 2.24) is 4.98 Å². The quantitative estimate of drug-likeness (QED) is 0.158. The second kappa shape index (κ2) is 10.5. The van der Waals surface area contributed by atoms with E-state index in [1.54, 1.807) is 6.07 Å². The number of fused-ring (bicyclic) bond motifs is 2. The SMILES string of the molecule is O=c1nc2ccc(Nc3ccc(S(=O)(=O)O)cc3S(=O)(=O)O)c3c2=c(c1=C(O)c1cccc(S(=O)(=O)O)c1)c1ccccc1c3=O. The third kappa shape index (κ3) is 5.19. The lowest BCUT2D eigenvalue weighted by Gasteiger charge is -2.15. The maximum Gasteiger partial charge on any atom is 0.296 e. The molecular weight excluding hydrogens is 665 g/mol. The summed E-state index contributed by atoms with van der Waals surface area (Å²) in [5, 5.41) is 13.9. The van der Waals surface area contributed by atoms with Gasteiger partial charge in [0.05, 0.1) is 37.3 Å². The zero-order valence-corrected chi connectivity index (χ0v) is 25.2. The van der Waals surface area contributed by atoms with E-state index in [2.05, 4.69) is 10.3 Å². The van der Waals surface area contributed by atoms with E-state index >= 15 is 0 Å². The minimum atomic E-state index is -5.10. The Labute approximate surface area is 258 Å². The molecule has 0 saturated carbocycles. The first kappa shape index (κ1) is 31.0. The van der Waals surface area contributed by atoms with Crippen molar-refractivity contribution in [2.24, 2.45) is 0 Å². The molecule has 17 heteroatoms. The van der Waals surface area contributed by atoms with Crippen LogP contribution in [-0.4, -0.2) is 49.0 Å². The summed E-state index contributed by atoms with van der Waals surface area (Å²) >= 11 is 0. The van der Waals surface area contributed by atoms with Crippen LogP contribution in [-0.2, 0) is 30.4 Å². The monoisotopic (exact) mass is 682 g/mol. The molecule has 14 nitrogen and oxygen atoms in total. The lowest BCUT2D eigenvalue weighted by atomic mass is 9.96. The number of nitrogens with zero attached hydrogens (tertiary/aromatic N) is 1. The maximum atomic E-state index is 14.0. The molecule has 5 N–H and O–H groups in total. The second-order valence-corrected chi connectivity index (χ2v) is 14.2. The molecule has 0 radical (unpaired) electrons. The van der Waals surface area contributed by atoms with Gasteiger partial charge in [0.25, 0.3) is 35.9 Å². The van der Waals surface area contributed by atoms with Crippen LogP contribution in [0.4, 0.5) is 11.4 Å². The van der Waals surface area contributed by atoms with Gasteiger partial charge in [0, 0.05) is 21.4 Å². The van der Waals surface area contributed by atoms with Crippen molar-refractivity contribution in [1.29, 1.82) is 0 Å². The van der Waals surface area contributed by atoms with Gasteiger partial charge in [-0.2, -0.15) is 25.3 Å². The Bertz CT molecular complexity index is 2860. The lowest BCUT2D eigenvalue weighted by molar-refractivity contribution is 0.478. The lowest BCUT2D eigenvalue weighted by Crippen LogP contribution is -2.33. The molecule has 46 heavy (non-hydrogen) atoms. The summed E-state index contributed by atoms with van der Waals surface area (Å²) in [7, 11) is -14.7. The molecular formula is C29H18N2O12S3. The highest BCUT2D eigenvalue weighted by Crippen LogP contribution is 2.31. The summed E-state index contributed by atoms with van der Waals surface area (Å²) in [5.41, 5.74) is -2.18. The van der Waals surface area contributed by atoms with Gasteiger partial charge >= 0.3 is 0 Å². The van der Waals surface area contributed by atoms with Gasteiger partial charge in [-0.3, -0.25) is 23.2 Å². The predicted octanol–water partition coefficient (Wildman–Crippen LogP) is 2.19. The van der Waals surface area contributed by atoms with Crippen LogP contribution in [0.15, 0.2) is 103 Å². The highest BCUT2D eigenvalue weighted by atomic mass is 32.2. The minimum Gasteiger partial charge on any atom is -0.506 e. The van der Waals surface area contributed by atoms with Gasteiger partial charge < -0.3 is 10.4 Å². The topological polar surface area (TPSA) is 242 Å². The number of aliphatic hydroxyl groups excluding tert-OH is 1. The van der Waals surface area contributed by atoms with Crippen LogP contribution < -0.4 is 21.5 Å². The van der Waals surface area contributed by atoms with E-state index in [1.807, 2.05) is 0 Å². The maximum absolute atomic E-state index is 14.0. The highest BCUT2D eigenvalue weighted by Gasteiger charge is 2.23. The Morgan fingerprint density at radius 3 is 1.93 bits per heavy atom. The summed E-state index contributed by atoms with van der Waals surface area (Å²) < 4.78 is 99.9. The number of aliphatic hydroxyl groups is 1. The number of hydrogen-bond donors (Lipinski definition) is 5. The molecule has 0 atom stereocenters. The van der Waals surface area contributed by atoms with Crippen LogP contribution in [0, 0.1) is 10.4 Å². The summed E-state index contributed by atoms with van der Waals surface area (Å²) in [4.78, 5) is 29.1. The first-order valence-corrected chi connectivity index (χ1v) is 17.1. The predicted molar refractivity (Wildman–Crippen MR) is 164 cm³/mol. The minimum absolute atomic E-state index is 0.00312. The number of aromatic nitrogens is 1. The van der Waals surface area contributed by atoms with Crippen molar-refractivity contribution in [3.63, 3.8) is 0 Å². The Morgan fingerprint density at radius 2 is 1.28 bits per heavy atom. The standard InChI is InChI=1S/C29H18N2O12S3/c32-27(14-4-3-5-15(12-14)44(35,36)37)26-23-17-6-1-2-7-18(17)28(33)25-21(11-10-20(24(23)25)31-29(26)34)30-19-9-8-16(45(38,39)40)13-22(19)46(41,42)43/h1-13,30,32H,(H,35,36,37)(H,38,39,40)(H,41,42,43). The third-order valence-corrected chi connectivity index (χ3v) is 9.82. The Kier molecular flexibility index (Phi) is 7.08. The van der Waals surface area contributed by atoms with Crippen LogP contribution in [0.2, 0.25) is 0 Å². The van der Waals surface area contributed by atoms with E-state index in [0.717, 1.165) is 24.3 Å². The highest BCUT2D eigenvalue weighted by molar-refractivity contribution is 7.86. The van der Waals surface area contributed by atoms with Crippen LogP contribution >= 0.6 is 0 Å². The molecule has 2 aliphatic rings. The molecule has 0 amide bonds. The number of nitrogens with one attached hydrogen (secondary N) is 1. The van der Waals surface area contributed by atoms with Crippen molar-refractivity contribution < 1.29 is 44.0 Å². The van der Waals surface area contributed by atoms with Gasteiger partial charge in [0.15, 0.2) is 5.43 Å². The molecule has 1 aliphatic heterocycles. The molecule has 0 saturated heterocycles. The van der Waals surface area contributed by atoms with Gasteiger partial charge in [0.1, 0.15) is 10.7 Å². The van der Waals surface area contributed by atoms with Crippen molar-refractivity contribution in [3.05, 3.63) is 121 Å². The molecule has 1 heterocycles. The number of hydrogen-bond acceptors (Lipinski definition) is 11. The molecule has 4 aromatic rings. The number of rotatable bonds is 6. The first-order valence-electron chi connectivity index (χ1n) is 12.8. The Hall–Kier alpha value is -5.04. The van der Waals surface area contributed by atoms with Gasteiger partial charge in [-0.25, -0.2) is 4.98 Å². The fourth-order valence-corrected chi connectivity index (χ4v) is 7.05. The first-order chi connectivity index (χ1) is 21.5. The zero-order valence-electron chi connectivity index (χ0n) is 22.7. The van der Waals surface area contributed by atoms with Crippen molar-refractivity contribution in [2.75, 3.05) is 5.32 Å². The number of anilines is 2. The van der Waals surface area contributed by atoms with E-state index < -0.39 is 67.0 Å². The fourth-order valence-electron chi connectivity index (χ4n) is 5.27. The van der Waals surface area contributed by atoms with Crippen LogP contribution in [0.25, 0.3) is 27.4 Å². The van der Waals surface area contributed by atoms with Crippen LogP contribution in [0.5, 0.6) is 0 Å². The molecule has 1 aliphatic carbocycles. The van der Waals surface area contributed by atoms with Crippen molar-refractivity contribution in [3.8, 4) is 0 Å². The summed E-state index contributed by atoms with van der Waals surface area (Å²) in [6.45, 7) is 0. The van der Waals surface area contributed by atoms with Gasteiger partial charge in [-0.05, 0) is 47.9 Å². The second-order valence-electron chi connectivity index (χ2n) is 10.0. The third-order valence-electron chi connectivity index (χ3n) is 7.23. The fraction of sp³-hybridized carbons (Fsp3) is 0. The van der Waals surface area contributed by atoms with Crippen LogP contribution in [0.3, 0.4) is 0 Å². The largest absolute Gasteiger partial charge is 0.506 e. The van der Waals surface area contributed by atoms with Gasteiger partial charge in [0.2, 0.25) is 0 Å². The number of benzene rings is 4. The van der Waals surface area contributed by atoms with E-state index in [1.165, 1.54) is 42.5 Å². The molecule has 0 aromatic heterocycles. The molecule has 0 spiro atoms. The van der Waals surface area contributed by atoms with Gasteiger partial charge in [-0.1, -0.05) is 36.4 Å². The van der Waals surface area contributed by atoms with Crippen LogP contribution in [0.1, 0.15) is 5.56 Å². The molecule has 0 unspecified atom stereocenters. The van der Waals surface area contributed by atoms with Gasteiger partial charge in [-0.15, -0.1) is 0 Å². The normalized spacial score (nSPS) is 13.4.